The Labute approximate surface area is 133 Å². The van der Waals surface area contributed by atoms with Crippen LogP contribution in [0.1, 0.15) is 13.8 Å². The summed E-state index contributed by atoms with van der Waals surface area (Å²) < 4.78 is 12.0. The molecule has 0 aliphatic carbocycles. The second kappa shape index (κ2) is 6.72. The second-order valence-corrected chi connectivity index (χ2v) is 5.80. The van der Waals surface area contributed by atoms with Crippen LogP contribution in [0.3, 0.4) is 0 Å². The fourth-order valence-corrected chi connectivity index (χ4v) is 2.26. The first-order chi connectivity index (χ1) is 9.99. The molecule has 4 nitrogen and oxygen atoms in total. The molecule has 0 radical (unpaired) electrons. The summed E-state index contributed by atoms with van der Waals surface area (Å²) in [7, 11) is 1.64. The van der Waals surface area contributed by atoms with Crippen LogP contribution in [0.4, 0.5) is 17.1 Å². The topological polar surface area (TPSA) is 56.5 Å². The van der Waals surface area contributed by atoms with Crippen molar-refractivity contribution in [2.45, 2.75) is 20.0 Å². The minimum Gasteiger partial charge on any atom is -0.495 e. The van der Waals surface area contributed by atoms with Crippen LogP contribution in [0.2, 0.25) is 0 Å². The Balaban J connectivity index is 2.29. The summed E-state index contributed by atoms with van der Waals surface area (Å²) in [5.41, 5.74) is 8.30. The molecule has 0 bridgehead atoms. The van der Waals surface area contributed by atoms with Gasteiger partial charge in [0, 0.05) is 16.2 Å². The van der Waals surface area contributed by atoms with Crippen molar-refractivity contribution in [3.63, 3.8) is 0 Å². The molecule has 0 aliphatic rings. The van der Waals surface area contributed by atoms with E-state index in [9.17, 15) is 0 Å². The van der Waals surface area contributed by atoms with Gasteiger partial charge in [-0.05, 0) is 44.2 Å². The molecule has 0 unspecified atom stereocenters. The minimum absolute atomic E-state index is 0.0722. The Hall–Kier alpha value is -1.88. The van der Waals surface area contributed by atoms with Gasteiger partial charge in [0.2, 0.25) is 0 Å². The van der Waals surface area contributed by atoms with Gasteiger partial charge in [0.15, 0.2) is 0 Å². The van der Waals surface area contributed by atoms with Crippen molar-refractivity contribution in [1.29, 1.82) is 0 Å². The average molecular weight is 351 g/mol. The number of benzene rings is 2. The number of hydrogen-bond acceptors (Lipinski definition) is 4. The predicted octanol–water partition coefficient (Wildman–Crippen LogP) is 4.57. The van der Waals surface area contributed by atoms with Crippen LogP contribution < -0.4 is 20.5 Å². The summed E-state index contributed by atoms with van der Waals surface area (Å²) in [6, 6.07) is 11.4. The van der Waals surface area contributed by atoms with Gasteiger partial charge in [-0.25, -0.2) is 0 Å². The Morgan fingerprint density at radius 2 is 1.86 bits per heavy atom. The third-order valence-electron chi connectivity index (χ3n) is 2.82. The number of nitrogens with two attached hydrogens (primary N) is 1. The van der Waals surface area contributed by atoms with E-state index < -0.39 is 0 Å². The molecule has 0 saturated heterocycles. The highest BCUT2D eigenvalue weighted by molar-refractivity contribution is 9.10. The first-order valence-corrected chi connectivity index (χ1v) is 7.45. The van der Waals surface area contributed by atoms with Crippen molar-refractivity contribution in [2.24, 2.45) is 0 Å². The van der Waals surface area contributed by atoms with Crippen LogP contribution in [-0.2, 0) is 0 Å². The van der Waals surface area contributed by atoms with Crippen molar-refractivity contribution >= 4 is 33.0 Å². The van der Waals surface area contributed by atoms with Gasteiger partial charge >= 0.3 is 0 Å². The summed E-state index contributed by atoms with van der Waals surface area (Å²) in [5.74, 6) is 1.44. The van der Waals surface area contributed by atoms with Crippen LogP contribution >= 0.6 is 15.9 Å². The first-order valence-electron chi connectivity index (χ1n) is 6.66. The van der Waals surface area contributed by atoms with Gasteiger partial charge in [0.05, 0.1) is 24.6 Å². The van der Waals surface area contributed by atoms with Gasteiger partial charge in [-0.2, -0.15) is 0 Å². The smallest absolute Gasteiger partial charge is 0.144 e. The molecule has 2 aromatic rings. The maximum absolute atomic E-state index is 5.93. The van der Waals surface area contributed by atoms with Gasteiger partial charge in [0.1, 0.15) is 11.5 Å². The molecule has 0 amide bonds. The number of nitrogen functional groups attached to an aromatic ring is 1. The van der Waals surface area contributed by atoms with E-state index in [4.69, 9.17) is 15.2 Å². The number of halogens is 1. The maximum atomic E-state index is 5.93. The monoisotopic (exact) mass is 350 g/mol. The number of nitrogens with one attached hydrogen (secondary N) is 1. The van der Waals surface area contributed by atoms with Crippen LogP contribution in [0.5, 0.6) is 11.5 Å². The van der Waals surface area contributed by atoms with E-state index >= 15 is 0 Å². The Morgan fingerprint density at radius 1 is 1.10 bits per heavy atom. The van der Waals surface area contributed by atoms with E-state index in [0.29, 0.717) is 11.4 Å². The zero-order chi connectivity index (χ0) is 15.4. The molecular weight excluding hydrogens is 332 g/mol. The zero-order valence-electron chi connectivity index (χ0n) is 12.3. The van der Waals surface area contributed by atoms with Gasteiger partial charge in [-0.3, -0.25) is 0 Å². The molecule has 0 aliphatic heterocycles. The lowest BCUT2D eigenvalue weighted by molar-refractivity contribution is 0.244. The predicted molar refractivity (Wildman–Crippen MR) is 90.6 cm³/mol. The Kier molecular flexibility index (Phi) is 4.96. The lowest BCUT2D eigenvalue weighted by atomic mass is 10.2. The molecule has 112 valence electrons. The van der Waals surface area contributed by atoms with E-state index in [-0.39, 0.29) is 6.10 Å². The highest BCUT2D eigenvalue weighted by atomic mass is 79.9. The summed E-state index contributed by atoms with van der Waals surface area (Å²) in [4.78, 5) is 0. The molecule has 0 atom stereocenters. The molecule has 0 spiro atoms. The molecule has 0 saturated carbocycles. The molecule has 5 heteroatoms. The molecule has 21 heavy (non-hydrogen) atoms. The Bertz CT molecular complexity index is 630. The summed E-state index contributed by atoms with van der Waals surface area (Å²) in [6.07, 6.45) is 0.0722. The lowest BCUT2D eigenvalue weighted by Crippen LogP contribution is -2.07. The normalized spacial score (nSPS) is 10.5. The molecule has 3 N–H and O–H groups in total. The number of hydrogen-bond donors (Lipinski definition) is 2. The number of methoxy groups -OCH3 is 1. The zero-order valence-corrected chi connectivity index (χ0v) is 13.9. The molecular formula is C16H19BrN2O2. The van der Waals surface area contributed by atoms with E-state index in [1.165, 1.54) is 0 Å². The van der Waals surface area contributed by atoms with Crippen molar-refractivity contribution in [1.82, 2.24) is 0 Å². The van der Waals surface area contributed by atoms with Crippen LogP contribution in [0, 0.1) is 0 Å². The number of anilines is 3. The standard InChI is InChI=1S/C16H19BrN2O2/c1-10(2)21-16-9-12(5-6-13(16)18)19-14-8-11(17)4-7-15(14)20-3/h4-10,19H,18H2,1-3H3. The molecule has 2 rings (SSSR count). The highest BCUT2D eigenvalue weighted by Gasteiger charge is 2.08. The molecule has 0 aromatic heterocycles. The summed E-state index contributed by atoms with van der Waals surface area (Å²) >= 11 is 3.46. The second-order valence-electron chi connectivity index (χ2n) is 4.89. The SMILES string of the molecule is COc1ccc(Br)cc1Nc1ccc(N)c(OC(C)C)c1. The van der Waals surface area contributed by atoms with E-state index in [1.54, 1.807) is 7.11 Å². The van der Waals surface area contributed by atoms with Crippen molar-refractivity contribution < 1.29 is 9.47 Å². The number of ether oxygens (including phenoxy) is 2. The minimum atomic E-state index is 0.0722. The third-order valence-corrected chi connectivity index (χ3v) is 3.31. The van der Waals surface area contributed by atoms with Crippen LogP contribution in [0.15, 0.2) is 40.9 Å². The fourth-order valence-electron chi connectivity index (χ4n) is 1.90. The van der Waals surface area contributed by atoms with Gasteiger partial charge in [-0.15, -0.1) is 0 Å². The van der Waals surface area contributed by atoms with Crippen molar-refractivity contribution in [3.05, 3.63) is 40.9 Å². The molecule has 2 aromatic carbocycles. The average Bonchev–Trinajstić information content (AvgIpc) is 2.42. The molecule has 0 heterocycles. The Morgan fingerprint density at radius 3 is 2.52 bits per heavy atom. The van der Waals surface area contributed by atoms with E-state index in [1.807, 2.05) is 50.2 Å². The third kappa shape index (κ3) is 4.04. The van der Waals surface area contributed by atoms with E-state index in [2.05, 4.69) is 21.2 Å². The molecule has 0 fully saturated rings. The largest absolute Gasteiger partial charge is 0.495 e. The maximum Gasteiger partial charge on any atom is 0.144 e. The first kappa shape index (κ1) is 15.5. The van der Waals surface area contributed by atoms with Gasteiger partial charge in [-0.1, -0.05) is 15.9 Å². The van der Waals surface area contributed by atoms with Crippen LogP contribution in [0.25, 0.3) is 0 Å². The van der Waals surface area contributed by atoms with E-state index in [0.717, 1.165) is 21.6 Å². The summed E-state index contributed by atoms with van der Waals surface area (Å²) in [6.45, 7) is 3.94. The highest BCUT2D eigenvalue weighted by Crippen LogP contribution is 2.33. The number of rotatable bonds is 5. The van der Waals surface area contributed by atoms with Crippen molar-refractivity contribution in [2.75, 3.05) is 18.2 Å². The lowest BCUT2D eigenvalue weighted by Gasteiger charge is -2.15. The fraction of sp³-hybridized carbons (Fsp3) is 0.250. The quantitative estimate of drug-likeness (QED) is 0.775. The summed E-state index contributed by atoms with van der Waals surface area (Å²) in [5, 5.41) is 3.31. The van der Waals surface area contributed by atoms with Gasteiger partial charge < -0.3 is 20.5 Å². The van der Waals surface area contributed by atoms with Crippen molar-refractivity contribution in [3.8, 4) is 11.5 Å². The van der Waals surface area contributed by atoms with Crippen LogP contribution in [-0.4, -0.2) is 13.2 Å². The van der Waals surface area contributed by atoms with Gasteiger partial charge in [0.25, 0.3) is 0 Å².